The zero-order valence-corrected chi connectivity index (χ0v) is 15.3. The van der Waals surface area contributed by atoms with Crippen LogP contribution in [-0.2, 0) is 16.6 Å². The topological polar surface area (TPSA) is 49.4 Å². The summed E-state index contributed by atoms with van der Waals surface area (Å²) >= 11 is 0. The standard InChI is InChI=1S/C21H20N2O2S/c1-16-11-13-18(14-12-16)21-22-19-9-5-6-10-20(19)26(24,25)23(21)15-17-7-3-2-4-8-17/h2-14,21-22H,15H2,1H3. The molecule has 1 aliphatic heterocycles. The van der Waals surface area contributed by atoms with E-state index in [2.05, 4.69) is 5.32 Å². The molecule has 0 saturated carbocycles. The van der Waals surface area contributed by atoms with Crippen molar-refractivity contribution in [2.75, 3.05) is 5.32 Å². The van der Waals surface area contributed by atoms with Gasteiger partial charge in [0.15, 0.2) is 0 Å². The van der Waals surface area contributed by atoms with E-state index in [1.807, 2.05) is 73.7 Å². The SMILES string of the molecule is Cc1ccc(C2Nc3ccccc3S(=O)(=O)N2Cc2ccccc2)cc1. The first-order valence-electron chi connectivity index (χ1n) is 8.53. The Hall–Kier alpha value is -2.63. The summed E-state index contributed by atoms with van der Waals surface area (Å²) in [6.45, 7) is 2.33. The van der Waals surface area contributed by atoms with Crippen LogP contribution in [-0.4, -0.2) is 12.7 Å². The van der Waals surface area contributed by atoms with E-state index < -0.39 is 16.2 Å². The van der Waals surface area contributed by atoms with Crippen LogP contribution in [0.2, 0.25) is 0 Å². The van der Waals surface area contributed by atoms with E-state index in [0.717, 1.165) is 16.7 Å². The lowest BCUT2D eigenvalue weighted by atomic mass is 10.1. The number of nitrogens with zero attached hydrogens (tertiary/aromatic N) is 1. The number of benzene rings is 3. The van der Waals surface area contributed by atoms with Crippen LogP contribution in [0.25, 0.3) is 0 Å². The molecule has 1 unspecified atom stereocenters. The van der Waals surface area contributed by atoms with Crippen molar-refractivity contribution in [1.29, 1.82) is 0 Å². The van der Waals surface area contributed by atoms with Crippen molar-refractivity contribution in [1.82, 2.24) is 4.31 Å². The summed E-state index contributed by atoms with van der Waals surface area (Å²) in [5.74, 6) is 0. The number of aryl methyl sites for hydroxylation is 1. The van der Waals surface area contributed by atoms with Gasteiger partial charge in [-0.25, -0.2) is 8.42 Å². The number of fused-ring (bicyclic) bond motifs is 1. The highest BCUT2D eigenvalue weighted by molar-refractivity contribution is 7.89. The largest absolute Gasteiger partial charge is 0.364 e. The Morgan fingerprint density at radius 2 is 1.54 bits per heavy atom. The summed E-state index contributed by atoms with van der Waals surface area (Å²) in [5, 5.41) is 3.41. The van der Waals surface area contributed by atoms with Gasteiger partial charge in [0.05, 0.1) is 5.69 Å². The second-order valence-electron chi connectivity index (χ2n) is 6.49. The average molecular weight is 364 g/mol. The van der Waals surface area contributed by atoms with Crippen LogP contribution in [0.1, 0.15) is 22.9 Å². The second kappa shape index (κ2) is 6.59. The maximum absolute atomic E-state index is 13.3. The first-order valence-corrected chi connectivity index (χ1v) is 9.97. The fourth-order valence-corrected chi connectivity index (χ4v) is 4.91. The van der Waals surface area contributed by atoms with E-state index in [1.54, 1.807) is 12.1 Å². The van der Waals surface area contributed by atoms with Gasteiger partial charge in [-0.1, -0.05) is 72.3 Å². The van der Waals surface area contributed by atoms with Crippen LogP contribution in [0.15, 0.2) is 83.8 Å². The Morgan fingerprint density at radius 1 is 0.885 bits per heavy atom. The van der Waals surface area contributed by atoms with E-state index in [-0.39, 0.29) is 0 Å². The fraction of sp³-hybridized carbons (Fsp3) is 0.143. The molecule has 5 heteroatoms. The molecule has 3 aromatic carbocycles. The smallest absolute Gasteiger partial charge is 0.247 e. The number of anilines is 1. The summed E-state index contributed by atoms with van der Waals surface area (Å²) in [7, 11) is -3.62. The van der Waals surface area contributed by atoms with Crippen molar-refractivity contribution >= 4 is 15.7 Å². The van der Waals surface area contributed by atoms with E-state index in [1.165, 1.54) is 4.31 Å². The first kappa shape index (κ1) is 16.8. The monoisotopic (exact) mass is 364 g/mol. The molecule has 0 aromatic heterocycles. The van der Waals surface area contributed by atoms with Crippen LogP contribution >= 0.6 is 0 Å². The molecule has 3 aromatic rings. The van der Waals surface area contributed by atoms with Crippen LogP contribution in [0.5, 0.6) is 0 Å². The molecule has 132 valence electrons. The third kappa shape index (κ3) is 3.00. The highest BCUT2D eigenvalue weighted by Crippen LogP contribution is 2.39. The van der Waals surface area contributed by atoms with E-state index in [0.29, 0.717) is 17.1 Å². The summed E-state index contributed by atoms with van der Waals surface area (Å²) in [4.78, 5) is 0.319. The van der Waals surface area contributed by atoms with Crippen molar-refractivity contribution in [2.45, 2.75) is 24.5 Å². The lowest BCUT2D eigenvalue weighted by molar-refractivity contribution is 0.336. The number of rotatable bonds is 3. The minimum atomic E-state index is -3.62. The average Bonchev–Trinajstić information content (AvgIpc) is 2.66. The maximum Gasteiger partial charge on any atom is 0.247 e. The Labute approximate surface area is 154 Å². The Morgan fingerprint density at radius 3 is 2.27 bits per heavy atom. The first-order chi connectivity index (χ1) is 12.6. The number of para-hydroxylation sites is 1. The molecular weight excluding hydrogens is 344 g/mol. The Bertz CT molecular complexity index is 1020. The van der Waals surface area contributed by atoms with Gasteiger partial charge in [0.1, 0.15) is 11.1 Å². The molecule has 4 nitrogen and oxygen atoms in total. The molecule has 1 aliphatic rings. The van der Waals surface area contributed by atoms with Crippen LogP contribution in [0.4, 0.5) is 5.69 Å². The molecule has 0 amide bonds. The van der Waals surface area contributed by atoms with Crippen LogP contribution < -0.4 is 5.32 Å². The maximum atomic E-state index is 13.3. The Kier molecular flexibility index (Phi) is 4.26. The van der Waals surface area contributed by atoms with Gasteiger partial charge in [-0.15, -0.1) is 0 Å². The zero-order chi connectivity index (χ0) is 18.1. The summed E-state index contributed by atoms with van der Waals surface area (Å²) in [6.07, 6.45) is -0.448. The van der Waals surface area contributed by atoms with Crippen molar-refractivity contribution in [3.05, 3.63) is 95.6 Å². The molecule has 0 saturated heterocycles. The summed E-state index contributed by atoms with van der Waals surface area (Å²) in [5.41, 5.74) is 3.66. The predicted octanol–water partition coefficient (Wildman–Crippen LogP) is 4.31. The molecule has 1 atom stereocenters. The van der Waals surface area contributed by atoms with E-state index in [9.17, 15) is 8.42 Å². The molecular formula is C21H20N2O2S. The van der Waals surface area contributed by atoms with Gasteiger partial charge < -0.3 is 5.32 Å². The third-order valence-electron chi connectivity index (χ3n) is 4.63. The molecule has 26 heavy (non-hydrogen) atoms. The third-order valence-corrected chi connectivity index (χ3v) is 6.50. The van der Waals surface area contributed by atoms with Crippen molar-refractivity contribution in [2.24, 2.45) is 0 Å². The van der Waals surface area contributed by atoms with Crippen molar-refractivity contribution < 1.29 is 8.42 Å². The fourth-order valence-electron chi connectivity index (χ4n) is 3.23. The van der Waals surface area contributed by atoms with Crippen molar-refractivity contribution in [3.8, 4) is 0 Å². The van der Waals surface area contributed by atoms with Gasteiger partial charge >= 0.3 is 0 Å². The molecule has 0 aliphatic carbocycles. The minimum Gasteiger partial charge on any atom is -0.364 e. The van der Waals surface area contributed by atoms with Crippen LogP contribution in [0.3, 0.4) is 0 Å². The summed E-state index contributed by atoms with van der Waals surface area (Å²) in [6, 6.07) is 24.7. The quantitative estimate of drug-likeness (QED) is 0.753. The second-order valence-corrected chi connectivity index (χ2v) is 8.35. The highest BCUT2D eigenvalue weighted by atomic mass is 32.2. The van der Waals surface area contributed by atoms with Gasteiger partial charge in [-0.05, 0) is 30.2 Å². The zero-order valence-electron chi connectivity index (χ0n) is 14.5. The van der Waals surface area contributed by atoms with Gasteiger partial charge in [0.25, 0.3) is 0 Å². The van der Waals surface area contributed by atoms with Crippen LogP contribution in [0, 0.1) is 6.92 Å². The van der Waals surface area contributed by atoms with E-state index >= 15 is 0 Å². The van der Waals surface area contributed by atoms with Gasteiger partial charge in [-0.3, -0.25) is 0 Å². The highest BCUT2D eigenvalue weighted by Gasteiger charge is 2.38. The minimum absolute atomic E-state index is 0.309. The number of hydrogen-bond acceptors (Lipinski definition) is 3. The number of nitrogens with one attached hydrogen (secondary N) is 1. The molecule has 4 rings (SSSR count). The molecule has 0 fully saturated rings. The molecule has 1 heterocycles. The molecule has 1 N–H and O–H groups in total. The number of sulfonamides is 1. The van der Waals surface area contributed by atoms with Crippen molar-refractivity contribution in [3.63, 3.8) is 0 Å². The summed E-state index contributed by atoms with van der Waals surface area (Å²) < 4.78 is 28.2. The molecule has 0 spiro atoms. The molecule has 0 radical (unpaired) electrons. The predicted molar refractivity (Wildman–Crippen MR) is 103 cm³/mol. The molecule has 0 bridgehead atoms. The number of hydrogen-bond donors (Lipinski definition) is 1. The van der Waals surface area contributed by atoms with Gasteiger partial charge in [-0.2, -0.15) is 4.31 Å². The lowest BCUT2D eigenvalue weighted by Crippen LogP contribution is -2.42. The van der Waals surface area contributed by atoms with Gasteiger partial charge in [0, 0.05) is 6.54 Å². The van der Waals surface area contributed by atoms with E-state index in [4.69, 9.17) is 0 Å². The lowest BCUT2D eigenvalue weighted by Gasteiger charge is -2.37. The Balaban J connectivity index is 1.83. The van der Waals surface area contributed by atoms with Gasteiger partial charge in [0.2, 0.25) is 10.0 Å². The normalized spacial score (nSPS) is 18.7.